The van der Waals surface area contributed by atoms with Gasteiger partial charge in [-0.25, -0.2) is 8.42 Å². The largest absolute Gasteiger partial charge is 0.491 e. The molecule has 0 radical (unpaired) electrons. The Bertz CT molecular complexity index is 1410. The van der Waals surface area contributed by atoms with E-state index in [1.807, 2.05) is 49.4 Å². The van der Waals surface area contributed by atoms with Gasteiger partial charge < -0.3 is 10.1 Å². The summed E-state index contributed by atoms with van der Waals surface area (Å²) in [6, 6.07) is 27.0. The normalized spacial score (nSPS) is 11.2. The Morgan fingerprint density at radius 2 is 1.62 bits per heavy atom. The summed E-state index contributed by atoms with van der Waals surface area (Å²) in [5, 5.41) is 4.93. The molecule has 0 saturated carbocycles. The van der Waals surface area contributed by atoms with Gasteiger partial charge in [0.1, 0.15) is 12.4 Å². The molecule has 7 heteroatoms. The number of sulfonamides is 1. The van der Waals surface area contributed by atoms with Gasteiger partial charge in [-0.2, -0.15) is 0 Å². The van der Waals surface area contributed by atoms with Crippen molar-refractivity contribution in [3.8, 4) is 5.75 Å². The van der Waals surface area contributed by atoms with E-state index in [4.69, 9.17) is 4.74 Å². The zero-order valence-corrected chi connectivity index (χ0v) is 19.9. The number of aryl methyl sites for hydroxylation is 1. The zero-order chi connectivity index (χ0) is 24.1. The van der Waals surface area contributed by atoms with E-state index in [0.717, 1.165) is 22.1 Å². The Hall–Kier alpha value is -3.84. The first-order chi connectivity index (χ1) is 16.4. The molecule has 0 unspecified atom stereocenters. The third kappa shape index (κ3) is 5.05. The topological polar surface area (TPSA) is 75.7 Å². The van der Waals surface area contributed by atoms with Crippen molar-refractivity contribution in [3.63, 3.8) is 0 Å². The number of nitrogens with one attached hydrogen (secondary N) is 1. The Kier molecular flexibility index (Phi) is 6.84. The quantitative estimate of drug-likeness (QED) is 0.373. The fourth-order valence-corrected chi connectivity index (χ4v) is 4.79. The fraction of sp³-hybridized carbons (Fsp3) is 0.148. The van der Waals surface area contributed by atoms with Crippen LogP contribution in [0.15, 0.2) is 95.9 Å². The van der Waals surface area contributed by atoms with Crippen molar-refractivity contribution in [1.29, 1.82) is 0 Å². The molecule has 0 aromatic heterocycles. The predicted octanol–water partition coefficient (Wildman–Crippen LogP) is 4.78. The molecule has 174 valence electrons. The first-order valence-electron chi connectivity index (χ1n) is 10.9. The number of hydrogen-bond donors (Lipinski definition) is 1. The highest BCUT2D eigenvalue weighted by molar-refractivity contribution is 7.92. The van der Waals surface area contributed by atoms with E-state index in [-0.39, 0.29) is 10.8 Å². The number of nitrogens with zero attached hydrogens (tertiary/aromatic N) is 1. The third-order valence-corrected chi connectivity index (χ3v) is 7.35. The average molecular weight is 475 g/mol. The van der Waals surface area contributed by atoms with Crippen molar-refractivity contribution in [1.82, 2.24) is 5.32 Å². The Morgan fingerprint density at radius 1 is 0.912 bits per heavy atom. The maximum absolute atomic E-state index is 13.0. The van der Waals surface area contributed by atoms with Crippen molar-refractivity contribution in [2.45, 2.75) is 11.8 Å². The summed E-state index contributed by atoms with van der Waals surface area (Å²) in [5.41, 5.74) is 1.75. The number of rotatable bonds is 8. The van der Waals surface area contributed by atoms with E-state index in [9.17, 15) is 13.2 Å². The highest BCUT2D eigenvalue weighted by Crippen LogP contribution is 2.25. The molecule has 0 aliphatic rings. The van der Waals surface area contributed by atoms with Gasteiger partial charge in [-0.3, -0.25) is 9.10 Å². The van der Waals surface area contributed by atoms with E-state index in [0.29, 0.717) is 24.4 Å². The number of carbonyl (C=O) groups excluding carboxylic acids is 1. The van der Waals surface area contributed by atoms with E-state index in [1.165, 1.54) is 11.4 Å². The van der Waals surface area contributed by atoms with Gasteiger partial charge >= 0.3 is 0 Å². The molecule has 0 heterocycles. The number of benzene rings is 4. The van der Waals surface area contributed by atoms with Crippen molar-refractivity contribution in [3.05, 3.63) is 102 Å². The molecule has 0 aliphatic carbocycles. The molecule has 4 rings (SSSR count). The van der Waals surface area contributed by atoms with Crippen LogP contribution in [-0.4, -0.2) is 34.5 Å². The van der Waals surface area contributed by atoms with Crippen LogP contribution in [0.2, 0.25) is 0 Å². The summed E-state index contributed by atoms with van der Waals surface area (Å²) in [6.07, 6.45) is 0. The van der Waals surface area contributed by atoms with Crippen LogP contribution in [0.25, 0.3) is 10.8 Å². The molecule has 6 nitrogen and oxygen atoms in total. The van der Waals surface area contributed by atoms with Gasteiger partial charge in [-0.1, -0.05) is 60.2 Å². The van der Waals surface area contributed by atoms with Gasteiger partial charge in [0.25, 0.3) is 15.9 Å². The van der Waals surface area contributed by atoms with Crippen LogP contribution in [0.5, 0.6) is 5.75 Å². The first kappa shape index (κ1) is 23.3. The lowest BCUT2D eigenvalue weighted by molar-refractivity contribution is 0.0947. The van der Waals surface area contributed by atoms with E-state index in [2.05, 4.69) is 5.32 Å². The minimum Gasteiger partial charge on any atom is -0.491 e. The van der Waals surface area contributed by atoms with Crippen molar-refractivity contribution >= 4 is 32.4 Å². The van der Waals surface area contributed by atoms with Crippen LogP contribution in [0, 0.1) is 6.92 Å². The Balaban J connectivity index is 1.39. The summed E-state index contributed by atoms with van der Waals surface area (Å²) in [5.74, 6) is 0.460. The van der Waals surface area contributed by atoms with Crippen molar-refractivity contribution < 1.29 is 17.9 Å². The van der Waals surface area contributed by atoms with Gasteiger partial charge in [-0.05, 0) is 48.7 Å². The zero-order valence-electron chi connectivity index (χ0n) is 19.1. The second kappa shape index (κ2) is 9.97. The molecule has 1 amide bonds. The van der Waals surface area contributed by atoms with Crippen LogP contribution >= 0.6 is 0 Å². The molecule has 1 N–H and O–H groups in total. The summed E-state index contributed by atoms with van der Waals surface area (Å²) < 4.78 is 33.0. The van der Waals surface area contributed by atoms with E-state index >= 15 is 0 Å². The SMILES string of the molecule is Cc1ccc(S(=O)(=O)N(C)c2cccc(C(=O)NCCOc3cccc4ccccc34)c2)cc1. The van der Waals surface area contributed by atoms with Crippen LogP contribution in [-0.2, 0) is 10.0 Å². The average Bonchev–Trinajstić information content (AvgIpc) is 2.86. The highest BCUT2D eigenvalue weighted by Gasteiger charge is 2.21. The minimum atomic E-state index is -3.74. The van der Waals surface area contributed by atoms with Crippen LogP contribution in [0.3, 0.4) is 0 Å². The monoisotopic (exact) mass is 474 g/mol. The predicted molar refractivity (Wildman–Crippen MR) is 135 cm³/mol. The number of carbonyl (C=O) groups is 1. The van der Waals surface area contributed by atoms with Crippen molar-refractivity contribution in [2.24, 2.45) is 0 Å². The minimum absolute atomic E-state index is 0.195. The van der Waals surface area contributed by atoms with E-state index in [1.54, 1.807) is 48.5 Å². The molecule has 4 aromatic carbocycles. The van der Waals surface area contributed by atoms with Gasteiger partial charge in [0.05, 0.1) is 17.1 Å². The van der Waals surface area contributed by atoms with Crippen LogP contribution in [0.1, 0.15) is 15.9 Å². The van der Waals surface area contributed by atoms with Crippen LogP contribution < -0.4 is 14.4 Å². The Morgan fingerprint density at radius 3 is 2.41 bits per heavy atom. The van der Waals surface area contributed by atoms with Crippen LogP contribution in [0.4, 0.5) is 5.69 Å². The lowest BCUT2D eigenvalue weighted by atomic mass is 10.1. The molecule has 0 atom stereocenters. The third-order valence-electron chi connectivity index (χ3n) is 5.55. The maximum Gasteiger partial charge on any atom is 0.264 e. The van der Waals surface area contributed by atoms with Gasteiger partial charge in [0, 0.05) is 18.0 Å². The smallest absolute Gasteiger partial charge is 0.264 e. The summed E-state index contributed by atoms with van der Waals surface area (Å²) in [6.45, 7) is 2.51. The fourth-order valence-electron chi connectivity index (χ4n) is 3.60. The standard InChI is InChI=1S/C27H26N2O4S/c1-20-13-15-24(16-14-20)34(31,32)29(2)23-10-5-9-22(19-23)27(30)28-17-18-33-26-12-6-8-21-7-3-4-11-25(21)26/h3-16,19H,17-18H2,1-2H3,(H,28,30). The molecule has 0 saturated heterocycles. The van der Waals surface area contributed by atoms with Crippen molar-refractivity contribution in [2.75, 3.05) is 24.5 Å². The molecule has 4 aromatic rings. The number of hydrogen-bond acceptors (Lipinski definition) is 4. The summed E-state index contributed by atoms with van der Waals surface area (Å²) in [7, 11) is -2.26. The lowest BCUT2D eigenvalue weighted by Gasteiger charge is -2.20. The number of fused-ring (bicyclic) bond motifs is 1. The number of ether oxygens (including phenoxy) is 1. The molecule has 34 heavy (non-hydrogen) atoms. The molecular formula is C27H26N2O4S. The molecule has 0 aliphatic heterocycles. The lowest BCUT2D eigenvalue weighted by Crippen LogP contribution is -2.29. The molecule has 0 bridgehead atoms. The van der Waals surface area contributed by atoms with Gasteiger partial charge in [0.15, 0.2) is 0 Å². The van der Waals surface area contributed by atoms with E-state index < -0.39 is 10.0 Å². The Labute approximate surface area is 199 Å². The number of amides is 1. The van der Waals surface area contributed by atoms with Gasteiger partial charge in [-0.15, -0.1) is 0 Å². The second-order valence-corrected chi connectivity index (χ2v) is 9.89. The number of anilines is 1. The highest BCUT2D eigenvalue weighted by atomic mass is 32.2. The summed E-state index contributed by atoms with van der Waals surface area (Å²) in [4.78, 5) is 12.9. The summed E-state index contributed by atoms with van der Waals surface area (Å²) >= 11 is 0. The maximum atomic E-state index is 13.0. The first-order valence-corrected chi connectivity index (χ1v) is 12.3. The van der Waals surface area contributed by atoms with Gasteiger partial charge in [0.2, 0.25) is 0 Å². The second-order valence-electron chi connectivity index (χ2n) is 7.92. The molecule has 0 fully saturated rings. The molecule has 0 spiro atoms. The molecular weight excluding hydrogens is 448 g/mol.